The first-order valence-corrected chi connectivity index (χ1v) is 5.03. The second-order valence-corrected chi connectivity index (χ2v) is 4.08. The van der Waals surface area contributed by atoms with E-state index in [0.717, 1.165) is 17.4 Å². The van der Waals surface area contributed by atoms with Gasteiger partial charge in [-0.2, -0.15) is 0 Å². The third kappa shape index (κ3) is 1.35. The molecule has 0 radical (unpaired) electrons. The molecule has 0 fully saturated rings. The second-order valence-electron chi connectivity index (χ2n) is 2.76. The lowest BCUT2D eigenvalue weighted by Crippen LogP contribution is -1.86. The molecule has 2 rings (SSSR count). The third-order valence-electron chi connectivity index (χ3n) is 1.92. The smallest absolute Gasteiger partial charge is 0.266 e. The Morgan fingerprint density at radius 2 is 2.14 bits per heavy atom. The zero-order valence-electron chi connectivity index (χ0n) is 6.80. The van der Waals surface area contributed by atoms with Crippen LogP contribution in [-0.4, -0.2) is 5.11 Å². The van der Waals surface area contributed by atoms with Crippen LogP contribution in [0.5, 0.6) is 5.75 Å². The number of rotatable bonds is 1. The van der Waals surface area contributed by atoms with Crippen molar-refractivity contribution in [3.63, 3.8) is 0 Å². The number of phenolic OH excluding ortho intramolecular Hbond substituents is 1. The quantitative estimate of drug-likeness (QED) is 0.784. The number of benzene rings is 1. The molecule has 0 aliphatic heterocycles. The molecule has 0 saturated heterocycles. The molecule has 14 heavy (non-hydrogen) atoms. The molecule has 0 spiro atoms. The number of phenols is 1. The maximum Gasteiger partial charge on any atom is 0.266 e. The molecule has 1 aromatic carbocycles. The van der Waals surface area contributed by atoms with E-state index in [1.54, 1.807) is 11.4 Å². The molecule has 1 aromatic heterocycles. The predicted molar refractivity (Wildman–Crippen MR) is 53.5 cm³/mol. The molecule has 0 aliphatic rings. The molecular weight excluding hydrogens is 230 g/mol. The molecule has 0 atom stereocenters. The predicted octanol–water partition coefficient (Wildman–Crippen LogP) is 4.20. The lowest BCUT2D eigenvalue weighted by molar-refractivity contribution is 0.153. The van der Waals surface area contributed by atoms with Gasteiger partial charge in [-0.3, -0.25) is 0 Å². The van der Waals surface area contributed by atoms with Crippen molar-refractivity contribution in [3.05, 3.63) is 28.1 Å². The fraction of sp³-hybridized carbons (Fsp3) is 0.111. The molecule has 74 valence electrons. The van der Waals surface area contributed by atoms with E-state index in [2.05, 4.69) is 0 Å². The van der Waals surface area contributed by atoms with Crippen molar-refractivity contribution in [2.75, 3.05) is 0 Å². The van der Waals surface area contributed by atoms with Gasteiger partial charge in [0.2, 0.25) is 0 Å². The van der Waals surface area contributed by atoms with E-state index < -0.39 is 6.43 Å². The van der Waals surface area contributed by atoms with E-state index in [1.807, 2.05) is 0 Å². The second kappa shape index (κ2) is 3.37. The lowest BCUT2D eigenvalue weighted by Gasteiger charge is -2.05. The summed E-state index contributed by atoms with van der Waals surface area (Å²) in [5, 5.41) is 11.4. The Kier molecular flexibility index (Phi) is 2.33. The highest BCUT2D eigenvalue weighted by Gasteiger charge is 2.19. The van der Waals surface area contributed by atoms with Crippen LogP contribution in [0.3, 0.4) is 0 Å². The van der Waals surface area contributed by atoms with E-state index in [-0.39, 0.29) is 16.3 Å². The summed E-state index contributed by atoms with van der Waals surface area (Å²) < 4.78 is 25.6. The van der Waals surface area contributed by atoms with Crippen LogP contribution in [0, 0.1) is 0 Å². The molecule has 1 N–H and O–H groups in total. The highest BCUT2D eigenvalue weighted by molar-refractivity contribution is 7.17. The van der Waals surface area contributed by atoms with Crippen molar-refractivity contribution >= 4 is 33.0 Å². The number of aromatic hydroxyl groups is 1. The maximum atomic E-state index is 12.6. The minimum atomic E-state index is -2.62. The van der Waals surface area contributed by atoms with Crippen LogP contribution in [0.4, 0.5) is 8.78 Å². The normalized spacial score (nSPS) is 11.4. The number of hydrogen-bond donors (Lipinski definition) is 1. The van der Waals surface area contributed by atoms with Crippen LogP contribution in [0.15, 0.2) is 17.5 Å². The van der Waals surface area contributed by atoms with Gasteiger partial charge < -0.3 is 5.11 Å². The topological polar surface area (TPSA) is 20.2 Å². The Bertz CT molecular complexity index is 481. The van der Waals surface area contributed by atoms with Gasteiger partial charge in [0.05, 0.1) is 10.6 Å². The molecule has 0 saturated carbocycles. The van der Waals surface area contributed by atoms with Gasteiger partial charge in [0.25, 0.3) is 6.43 Å². The van der Waals surface area contributed by atoms with E-state index in [4.69, 9.17) is 11.6 Å². The standard InChI is InChI=1S/C9H5ClF2OS/c10-5-3-6(13)4-1-2-14-8(4)7(5)9(11)12/h1-3,9,13H. The van der Waals surface area contributed by atoms with Crippen LogP contribution in [0.2, 0.25) is 5.02 Å². The first-order chi connectivity index (χ1) is 6.61. The Labute approximate surface area is 87.5 Å². The third-order valence-corrected chi connectivity index (χ3v) is 3.19. The first kappa shape index (κ1) is 9.68. The Balaban J connectivity index is 2.86. The summed E-state index contributed by atoms with van der Waals surface area (Å²) in [5.74, 6) is -0.0596. The van der Waals surface area contributed by atoms with Crippen molar-refractivity contribution in [1.29, 1.82) is 0 Å². The average Bonchev–Trinajstić information content (AvgIpc) is 2.51. The van der Waals surface area contributed by atoms with Gasteiger partial charge in [0.15, 0.2) is 0 Å². The number of thiophene rings is 1. The zero-order chi connectivity index (χ0) is 10.3. The Morgan fingerprint density at radius 3 is 2.79 bits per heavy atom. The largest absolute Gasteiger partial charge is 0.507 e. The maximum absolute atomic E-state index is 12.6. The van der Waals surface area contributed by atoms with Crippen molar-refractivity contribution < 1.29 is 13.9 Å². The molecule has 1 nitrogen and oxygen atoms in total. The van der Waals surface area contributed by atoms with Gasteiger partial charge in [0.1, 0.15) is 5.75 Å². The van der Waals surface area contributed by atoms with Crippen LogP contribution in [0.25, 0.3) is 10.1 Å². The summed E-state index contributed by atoms with van der Waals surface area (Å²) in [4.78, 5) is 0. The van der Waals surface area contributed by atoms with Crippen molar-refractivity contribution in [2.45, 2.75) is 6.43 Å². The van der Waals surface area contributed by atoms with Crippen LogP contribution in [-0.2, 0) is 0 Å². The fourth-order valence-electron chi connectivity index (χ4n) is 1.31. The molecule has 0 unspecified atom stereocenters. The van der Waals surface area contributed by atoms with E-state index in [9.17, 15) is 13.9 Å². The fourth-order valence-corrected chi connectivity index (χ4v) is 2.61. The van der Waals surface area contributed by atoms with Gasteiger partial charge in [0, 0.05) is 10.1 Å². The number of alkyl halides is 2. The Hall–Kier alpha value is -0.870. The Morgan fingerprint density at radius 1 is 1.43 bits per heavy atom. The summed E-state index contributed by atoms with van der Waals surface area (Å²) in [6.07, 6.45) is -2.62. The van der Waals surface area contributed by atoms with Gasteiger partial charge in [-0.05, 0) is 17.5 Å². The summed E-state index contributed by atoms with van der Waals surface area (Å²) in [7, 11) is 0. The minimum Gasteiger partial charge on any atom is -0.507 e. The van der Waals surface area contributed by atoms with Crippen molar-refractivity contribution in [1.82, 2.24) is 0 Å². The van der Waals surface area contributed by atoms with Gasteiger partial charge in [-0.1, -0.05) is 11.6 Å². The highest BCUT2D eigenvalue weighted by Crippen LogP contribution is 2.41. The highest BCUT2D eigenvalue weighted by atomic mass is 35.5. The van der Waals surface area contributed by atoms with Crippen molar-refractivity contribution in [3.8, 4) is 5.75 Å². The zero-order valence-corrected chi connectivity index (χ0v) is 8.37. The molecule has 0 aliphatic carbocycles. The summed E-state index contributed by atoms with van der Waals surface area (Å²) in [6, 6.07) is 2.75. The molecule has 0 bridgehead atoms. The van der Waals surface area contributed by atoms with E-state index in [1.165, 1.54) is 0 Å². The van der Waals surface area contributed by atoms with Crippen LogP contribution >= 0.6 is 22.9 Å². The van der Waals surface area contributed by atoms with E-state index >= 15 is 0 Å². The molecule has 5 heteroatoms. The monoisotopic (exact) mass is 234 g/mol. The SMILES string of the molecule is Oc1cc(Cl)c(C(F)F)c2sccc12. The van der Waals surface area contributed by atoms with E-state index in [0.29, 0.717) is 10.1 Å². The first-order valence-electron chi connectivity index (χ1n) is 3.78. The number of hydrogen-bond acceptors (Lipinski definition) is 2. The summed E-state index contributed by atoms with van der Waals surface area (Å²) in [5.41, 5.74) is -0.200. The van der Waals surface area contributed by atoms with Gasteiger partial charge in [-0.15, -0.1) is 11.3 Å². The van der Waals surface area contributed by atoms with Crippen LogP contribution in [0.1, 0.15) is 12.0 Å². The average molecular weight is 235 g/mol. The van der Waals surface area contributed by atoms with Gasteiger partial charge >= 0.3 is 0 Å². The molecule has 0 amide bonds. The molecule has 2 aromatic rings. The number of halogens is 3. The summed E-state index contributed by atoms with van der Waals surface area (Å²) >= 11 is 6.77. The molecule has 1 heterocycles. The lowest BCUT2D eigenvalue weighted by atomic mass is 10.1. The number of fused-ring (bicyclic) bond motifs is 1. The minimum absolute atomic E-state index is 0.0596. The van der Waals surface area contributed by atoms with Crippen molar-refractivity contribution in [2.24, 2.45) is 0 Å². The summed E-state index contributed by atoms with van der Waals surface area (Å²) in [6.45, 7) is 0. The van der Waals surface area contributed by atoms with Crippen LogP contribution < -0.4 is 0 Å². The van der Waals surface area contributed by atoms with Gasteiger partial charge in [-0.25, -0.2) is 8.78 Å². The molecular formula is C9H5ClF2OS.